The molecule has 0 saturated carbocycles. The molecule has 0 aromatic carbocycles. The van der Waals surface area contributed by atoms with Crippen molar-refractivity contribution in [2.24, 2.45) is 0 Å². The lowest BCUT2D eigenvalue weighted by Gasteiger charge is -2.23. The van der Waals surface area contributed by atoms with Crippen LogP contribution >= 0.6 is 0 Å². The number of nitriles is 1. The molecule has 98 valence electrons. The molecule has 0 spiro atoms. The summed E-state index contributed by atoms with van der Waals surface area (Å²) in [6.45, 7) is 0.749. The van der Waals surface area contributed by atoms with Crippen molar-refractivity contribution in [1.82, 2.24) is 19.5 Å². The van der Waals surface area contributed by atoms with Crippen LogP contribution in [0.1, 0.15) is 31.3 Å². The molecule has 0 bridgehead atoms. The number of ether oxygens (including phenoxy) is 1. The summed E-state index contributed by atoms with van der Waals surface area (Å²) in [6.07, 6.45) is 4.80. The van der Waals surface area contributed by atoms with Gasteiger partial charge in [0, 0.05) is 13.7 Å². The third kappa shape index (κ3) is 2.00. The van der Waals surface area contributed by atoms with Gasteiger partial charge in [-0.25, -0.2) is 4.98 Å². The number of nitrogens with one attached hydrogen (secondary N) is 1. The van der Waals surface area contributed by atoms with Gasteiger partial charge in [-0.15, -0.1) is 0 Å². The normalized spacial score (nSPS) is 19.3. The fourth-order valence-electron chi connectivity index (χ4n) is 2.29. The Kier molecular flexibility index (Phi) is 3.01. The van der Waals surface area contributed by atoms with Crippen LogP contribution in [0.15, 0.2) is 6.33 Å². The highest BCUT2D eigenvalue weighted by Crippen LogP contribution is 2.27. The molecule has 3 rings (SSSR count). The summed E-state index contributed by atoms with van der Waals surface area (Å²) in [4.78, 5) is 12.7. The number of rotatable bonds is 2. The summed E-state index contributed by atoms with van der Waals surface area (Å²) in [7, 11) is 1.75. The Morgan fingerprint density at radius 2 is 2.37 bits per heavy atom. The minimum absolute atomic E-state index is 0.0510. The first-order valence-electron chi connectivity index (χ1n) is 6.27. The minimum atomic E-state index is -0.0510. The maximum Gasteiger partial charge on any atom is 0.236 e. The zero-order chi connectivity index (χ0) is 13.2. The van der Waals surface area contributed by atoms with Gasteiger partial charge in [-0.2, -0.15) is 15.2 Å². The van der Waals surface area contributed by atoms with E-state index in [4.69, 9.17) is 10.00 Å². The standard InChI is InChI=1S/C12H14N6O/c1-14-11-10-12(17-8(6-13)16-11)18(7-15-10)9-4-2-3-5-19-9/h7,9H,2-5H2,1H3,(H,14,16,17). The highest BCUT2D eigenvalue weighted by atomic mass is 16.5. The zero-order valence-corrected chi connectivity index (χ0v) is 10.6. The smallest absolute Gasteiger partial charge is 0.236 e. The molecule has 1 fully saturated rings. The quantitative estimate of drug-likeness (QED) is 0.876. The molecule has 1 aliphatic heterocycles. The summed E-state index contributed by atoms with van der Waals surface area (Å²) in [5.41, 5.74) is 1.30. The monoisotopic (exact) mass is 258 g/mol. The lowest BCUT2D eigenvalue weighted by atomic mass is 10.2. The second-order valence-electron chi connectivity index (χ2n) is 4.40. The highest BCUT2D eigenvalue weighted by molar-refractivity contribution is 5.83. The van der Waals surface area contributed by atoms with E-state index in [1.807, 2.05) is 10.6 Å². The molecule has 1 unspecified atom stereocenters. The predicted octanol–water partition coefficient (Wildman–Crippen LogP) is 1.44. The van der Waals surface area contributed by atoms with Crippen LogP contribution in [0.4, 0.5) is 5.82 Å². The predicted molar refractivity (Wildman–Crippen MR) is 68.4 cm³/mol. The molecule has 1 saturated heterocycles. The molecular weight excluding hydrogens is 244 g/mol. The molecule has 2 aromatic heterocycles. The Balaban J connectivity index is 2.13. The van der Waals surface area contributed by atoms with Crippen molar-refractivity contribution in [3.8, 4) is 6.07 Å². The second-order valence-corrected chi connectivity index (χ2v) is 4.40. The first-order valence-corrected chi connectivity index (χ1v) is 6.27. The Morgan fingerprint density at radius 3 is 3.05 bits per heavy atom. The lowest BCUT2D eigenvalue weighted by molar-refractivity contribution is -0.0298. The summed E-state index contributed by atoms with van der Waals surface area (Å²) < 4.78 is 7.62. The minimum Gasteiger partial charge on any atom is -0.371 e. The molecule has 0 amide bonds. The molecule has 19 heavy (non-hydrogen) atoms. The van der Waals surface area contributed by atoms with Gasteiger partial charge in [0.05, 0.1) is 6.33 Å². The van der Waals surface area contributed by atoms with Gasteiger partial charge in [0.15, 0.2) is 17.0 Å². The van der Waals surface area contributed by atoms with Crippen LogP contribution < -0.4 is 5.32 Å². The highest BCUT2D eigenvalue weighted by Gasteiger charge is 2.20. The van der Waals surface area contributed by atoms with Crippen molar-refractivity contribution < 1.29 is 4.74 Å². The average molecular weight is 258 g/mol. The van der Waals surface area contributed by atoms with Crippen LogP contribution in [0.5, 0.6) is 0 Å². The maximum atomic E-state index is 8.99. The van der Waals surface area contributed by atoms with E-state index in [1.165, 1.54) is 0 Å². The van der Waals surface area contributed by atoms with Gasteiger partial charge in [-0.1, -0.05) is 0 Å². The van der Waals surface area contributed by atoms with Crippen molar-refractivity contribution in [3.05, 3.63) is 12.2 Å². The van der Waals surface area contributed by atoms with E-state index in [1.54, 1.807) is 13.4 Å². The van der Waals surface area contributed by atoms with Crippen LogP contribution in [-0.2, 0) is 4.74 Å². The van der Waals surface area contributed by atoms with Gasteiger partial charge in [0.2, 0.25) is 5.82 Å². The second kappa shape index (κ2) is 4.82. The Bertz CT molecular complexity index is 637. The van der Waals surface area contributed by atoms with Gasteiger partial charge in [0.1, 0.15) is 12.3 Å². The fourth-order valence-corrected chi connectivity index (χ4v) is 2.29. The van der Waals surface area contributed by atoms with E-state index in [2.05, 4.69) is 20.3 Å². The van der Waals surface area contributed by atoms with Gasteiger partial charge >= 0.3 is 0 Å². The average Bonchev–Trinajstić information content (AvgIpc) is 2.90. The first-order chi connectivity index (χ1) is 9.33. The lowest BCUT2D eigenvalue weighted by Crippen LogP contribution is -2.18. The number of anilines is 1. The Morgan fingerprint density at radius 1 is 1.47 bits per heavy atom. The largest absolute Gasteiger partial charge is 0.371 e. The van der Waals surface area contributed by atoms with Crippen LogP contribution in [0.2, 0.25) is 0 Å². The first kappa shape index (κ1) is 11.9. The molecule has 1 aliphatic rings. The van der Waals surface area contributed by atoms with Crippen LogP contribution in [0.25, 0.3) is 11.2 Å². The molecule has 7 heteroatoms. The summed E-state index contributed by atoms with van der Waals surface area (Å²) in [6, 6.07) is 1.97. The molecule has 2 aromatic rings. The van der Waals surface area contributed by atoms with Crippen molar-refractivity contribution in [2.75, 3.05) is 19.0 Å². The number of hydrogen-bond donors (Lipinski definition) is 1. The molecular formula is C12H14N6O. The Hall–Kier alpha value is -2.20. The number of nitrogens with zero attached hydrogens (tertiary/aromatic N) is 5. The fraction of sp³-hybridized carbons (Fsp3) is 0.500. The summed E-state index contributed by atoms with van der Waals surface area (Å²) in [5, 5.41) is 11.9. The van der Waals surface area contributed by atoms with Crippen LogP contribution in [0.3, 0.4) is 0 Å². The maximum absolute atomic E-state index is 8.99. The third-order valence-corrected chi connectivity index (χ3v) is 3.22. The van der Waals surface area contributed by atoms with E-state index in [0.717, 1.165) is 25.9 Å². The van der Waals surface area contributed by atoms with Crippen LogP contribution in [-0.4, -0.2) is 33.2 Å². The zero-order valence-electron chi connectivity index (χ0n) is 10.6. The molecule has 7 nitrogen and oxygen atoms in total. The third-order valence-electron chi connectivity index (χ3n) is 3.22. The van der Waals surface area contributed by atoms with Gasteiger partial charge in [-0.3, -0.25) is 4.57 Å². The number of aromatic nitrogens is 4. The van der Waals surface area contributed by atoms with Crippen molar-refractivity contribution in [2.45, 2.75) is 25.5 Å². The van der Waals surface area contributed by atoms with E-state index in [0.29, 0.717) is 17.0 Å². The molecule has 3 heterocycles. The molecule has 1 atom stereocenters. The summed E-state index contributed by atoms with van der Waals surface area (Å²) in [5.74, 6) is 0.700. The van der Waals surface area contributed by atoms with Crippen molar-refractivity contribution in [1.29, 1.82) is 5.26 Å². The number of fused-ring (bicyclic) bond motifs is 1. The van der Waals surface area contributed by atoms with Gasteiger partial charge in [0.25, 0.3) is 0 Å². The van der Waals surface area contributed by atoms with E-state index < -0.39 is 0 Å². The summed E-state index contributed by atoms with van der Waals surface area (Å²) >= 11 is 0. The number of hydrogen-bond acceptors (Lipinski definition) is 6. The topological polar surface area (TPSA) is 88.7 Å². The van der Waals surface area contributed by atoms with E-state index in [9.17, 15) is 0 Å². The van der Waals surface area contributed by atoms with E-state index >= 15 is 0 Å². The van der Waals surface area contributed by atoms with Crippen LogP contribution in [0, 0.1) is 11.3 Å². The van der Waals surface area contributed by atoms with E-state index in [-0.39, 0.29) is 12.1 Å². The van der Waals surface area contributed by atoms with Crippen molar-refractivity contribution >= 4 is 17.0 Å². The number of imidazole rings is 1. The molecule has 0 aliphatic carbocycles. The van der Waals surface area contributed by atoms with Gasteiger partial charge < -0.3 is 10.1 Å². The molecule has 1 N–H and O–H groups in total. The van der Waals surface area contributed by atoms with Crippen molar-refractivity contribution in [3.63, 3.8) is 0 Å². The Labute approximate surface area is 110 Å². The molecule has 0 radical (unpaired) electrons. The SMILES string of the molecule is CNc1nc(C#N)nc2c1ncn2C1CCCCO1. The van der Waals surface area contributed by atoms with Gasteiger partial charge in [-0.05, 0) is 19.3 Å².